The van der Waals surface area contributed by atoms with E-state index in [0.29, 0.717) is 6.42 Å². The van der Waals surface area contributed by atoms with Crippen molar-refractivity contribution in [3.05, 3.63) is 0 Å². The first-order valence-electron chi connectivity index (χ1n) is 7.75. The lowest BCUT2D eigenvalue weighted by Crippen LogP contribution is -2.47. The Kier molecular flexibility index (Phi) is 4.54. The molecule has 2 aliphatic rings. The van der Waals surface area contributed by atoms with Crippen LogP contribution in [-0.2, 0) is 9.59 Å². The minimum Gasteiger partial charge on any atom is -0.341 e. The summed E-state index contributed by atoms with van der Waals surface area (Å²) in [5, 5.41) is 2.74. The summed E-state index contributed by atoms with van der Waals surface area (Å²) >= 11 is 0. The zero-order valence-electron chi connectivity index (χ0n) is 13.1. The van der Waals surface area contributed by atoms with Crippen LogP contribution in [0, 0.1) is 5.92 Å². The number of piperidine rings is 1. The highest BCUT2D eigenvalue weighted by atomic mass is 16.2. The molecule has 0 aromatic heterocycles. The summed E-state index contributed by atoms with van der Waals surface area (Å²) in [5.74, 6) is -0.129. The standard InChI is InChI=1S/C15H25N3O3/c1-11(2)9-15(3)13(20)18(14(21)16-15)10-12(19)17-7-5-4-6-8-17/h11H,4-10H2,1-3H3,(H,16,21). The zero-order chi connectivity index (χ0) is 15.6. The molecule has 2 heterocycles. The van der Waals surface area contributed by atoms with Crippen LogP contribution in [-0.4, -0.2) is 52.8 Å². The number of hydrogen-bond donors (Lipinski definition) is 1. The van der Waals surface area contributed by atoms with Crippen LogP contribution in [0.5, 0.6) is 0 Å². The molecule has 4 amide bonds. The van der Waals surface area contributed by atoms with E-state index in [0.717, 1.165) is 37.3 Å². The molecule has 2 fully saturated rings. The molecule has 1 atom stereocenters. The molecule has 21 heavy (non-hydrogen) atoms. The number of nitrogens with one attached hydrogen (secondary N) is 1. The first-order valence-corrected chi connectivity index (χ1v) is 7.75. The predicted octanol–water partition coefficient (Wildman–Crippen LogP) is 1.36. The normalized spacial score (nSPS) is 26.5. The number of urea groups is 1. The fourth-order valence-corrected chi connectivity index (χ4v) is 3.22. The molecule has 118 valence electrons. The van der Waals surface area contributed by atoms with E-state index in [2.05, 4.69) is 5.32 Å². The number of amides is 4. The van der Waals surface area contributed by atoms with Crippen molar-refractivity contribution in [2.75, 3.05) is 19.6 Å². The van der Waals surface area contributed by atoms with Crippen LogP contribution in [0.2, 0.25) is 0 Å². The van der Waals surface area contributed by atoms with E-state index in [9.17, 15) is 14.4 Å². The van der Waals surface area contributed by atoms with Gasteiger partial charge in [-0.15, -0.1) is 0 Å². The van der Waals surface area contributed by atoms with Crippen LogP contribution in [0.15, 0.2) is 0 Å². The second kappa shape index (κ2) is 6.03. The maximum absolute atomic E-state index is 12.5. The van der Waals surface area contributed by atoms with Crippen LogP contribution in [0.1, 0.15) is 46.5 Å². The number of carbonyl (C=O) groups is 3. The molecule has 0 saturated carbocycles. The third-order valence-electron chi connectivity index (χ3n) is 4.16. The highest BCUT2D eigenvalue weighted by Gasteiger charge is 2.48. The third-order valence-corrected chi connectivity index (χ3v) is 4.16. The Morgan fingerprint density at radius 2 is 1.86 bits per heavy atom. The summed E-state index contributed by atoms with van der Waals surface area (Å²) in [6.07, 6.45) is 3.71. The average Bonchev–Trinajstić information content (AvgIpc) is 2.62. The quantitative estimate of drug-likeness (QED) is 0.796. The Balaban J connectivity index is 2.01. The first-order chi connectivity index (χ1) is 9.83. The molecule has 2 aliphatic heterocycles. The van der Waals surface area contributed by atoms with E-state index in [1.807, 2.05) is 13.8 Å². The SMILES string of the molecule is CC(C)CC1(C)NC(=O)N(CC(=O)N2CCCCC2)C1=O. The first kappa shape index (κ1) is 15.8. The molecule has 1 unspecified atom stereocenters. The smallest absolute Gasteiger partial charge is 0.325 e. The van der Waals surface area contributed by atoms with Crippen molar-refractivity contribution >= 4 is 17.8 Å². The monoisotopic (exact) mass is 295 g/mol. The van der Waals surface area contributed by atoms with Crippen molar-refractivity contribution in [2.45, 2.75) is 52.0 Å². The summed E-state index contributed by atoms with van der Waals surface area (Å²) in [4.78, 5) is 39.5. The fraction of sp³-hybridized carbons (Fsp3) is 0.800. The maximum atomic E-state index is 12.5. The largest absolute Gasteiger partial charge is 0.341 e. The van der Waals surface area contributed by atoms with Crippen LogP contribution in [0.25, 0.3) is 0 Å². The van der Waals surface area contributed by atoms with Gasteiger partial charge in [0.15, 0.2) is 0 Å². The molecule has 0 aliphatic carbocycles. The van der Waals surface area contributed by atoms with E-state index < -0.39 is 11.6 Å². The van der Waals surface area contributed by atoms with E-state index in [1.54, 1.807) is 11.8 Å². The molecule has 0 radical (unpaired) electrons. The van der Waals surface area contributed by atoms with Gasteiger partial charge in [0.25, 0.3) is 5.91 Å². The summed E-state index contributed by atoms with van der Waals surface area (Å²) in [6.45, 7) is 7.06. The fourth-order valence-electron chi connectivity index (χ4n) is 3.22. The van der Waals surface area contributed by atoms with Crippen molar-refractivity contribution in [3.8, 4) is 0 Å². The van der Waals surface area contributed by atoms with Gasteiger partial charge in [-0.3, -0.25) is 14.5 Å². The highest BCUT2D eigenvalue weighted by Crippen LogP contribution is 2.25. The predicted molar refractivity (Wildman–Crippen MR) is 78.5 cm³/mol. The van der Waals surface area contributed by atoms with Crippen LogP contribution in [0.3, 0.4) is 0 Å². The Morgan fingerprint density at radius 3 is 2.43 bits per heavy atom. The Labute approximate surface area is 125 Å². The van der Waals surface area contributed by atoms with E-state index in [1.165, 1.54) is 0 Å². The van der Waals surface area contributed by atoms with E-state index in [4.69, 9.17) is 0 Å². The second-order valence-corrected chi connectivity index (χ2v) is 6.69. The van der Waals surface area contributed by atoms with Crippen molar-refractivity contribution < 1.29 is 14.4 Å². The van der Waals surface area contributed by atoms with Gasteiger partial charge in [0.2, 0.25) is 5.91 Å². The van der Waals surface area contributed by atoms with E-state index in [-0.39, 0.29) is 24.3 Å². The summed E-state index contributed by atoms with van der Waals surface area (Å²) in [5.41, 5.74) is -0.882. The van der Waals surface area contributed by atoms with Gasteiger partial charge < -0.3 is 10.2 Å². The van der Waals surface area contributed by atoms with Gasteiger partial charge in [-0.1, -0.05) is 13.8 Å². The molecule has 2 rings (SSSR count). The number of rotatable bonds is 4. The molecular formula is C15H25N3O3. The van der Waals surface area contributed by atoms with Gasteiger partial charge in [-0.25, -0.2) is 4.79 Å². The van der Waals surface area contributed by atoms with Crippen LogP contribution >= 0.6 is 0 Å². The molecule has 1 N–H and O–H groups in total. The number of likely N-dealkylation sites (tertiary alicyclic amines) is 1. The summed E-state index contributed by atoms with van der Waals surface area (Å²) < 4.78 is 0. The topological polar surface area (TPSA) is 69.7 Å². The van der Waals surface area contributed by atoms with Crippen LogP contribution < -0.4 is 5.32 Å². The zero-order valence-corrected chi connectivity index (χ0v) is 13.1. The summed E-state index contributed by atoms with van der Waals surface area (Å²) in [7, 11) is 0. The van der Waals surface area contributed by atoms with Gasteiger partial charge >= 0.3 is 6.03 Å². The van der Waals surface area contributed by atoms with E-state index >= 15 is 0 Å². The minimum absolute atomic E-state index is 0.132. The lowest BCUT2D eigenvalue weighted by atomic mass is 9.91. The molecule has 0 aromatic carbocycles. The van der Waals surface area contributed by atoms with Gasteiger partial charge in [0, 0.05) is 13.1 Å². The van der Waals surface area contributed by atoms with Crippen LogP contribution in [0.4, 0.5) is 4.79 Å². The Bertz CT molecular complexity index is 443. The average molecular weight is 295 g/mol. The number of carbonyl (C=O) groups excluding carboxylic acids is 3. The second-order valence-electron chi connectivity index (χ2n) is 6.69. The lowest BCUT2D eigenvalue weighted by molar-refractivity contribution is -0.139. The van der Waals surface area contributed by atoms with Crippen molar-refractivity contribution in [1.29, 1.82) is 0 Å². The molecule has 0 aromatic rings. The van der Waals surface area contributed by atoms with Crippen molar-refractivity contribution in [2.24, 2.45) is 5.92 Å². The number of imide groups is 1. The molecular weight excluding hydrogens is 270 g/mol. The molecule has 0 bridgehead atoms. The van der Waals surface area contributed by atoms with Gasteiger partial charge in [-0.05, 0) is 38.5 Å². The van der Waals surface area contributed by atoms with Gasteiger partial charge in [-0.2, -0.15) is 0 Å². The maximum Gasteiger partial charge on any atom is 0.325 e. The molecule has 2 saturated heterocycles. The summed E-state index contributed by atoms with van der Waals surface area (Å²) in [6, 6.07) is -0.450. The molecule has 0 spiro atoms. The Morgan fingerprint density at radius 1 is 1.24 bits per heavy atom. The molecule has 6 nitrogen and oxygen atoms in total. The third kappa shape index (κ3) is 3.36. The number of nitrogens with zero attached hydrogens (tertiary/aromatic N) is 2. The molecule has 6 heteroatoms. The Hall–Kier alpha value is -1.59. The van der Waals surface area contributed by atoms with Gasteiger partial charge in [0.1, 0.15) is 12.1 Å². The number of hydrogen-bond acceptors (Lipinski definition) is 3. The van der Waals surface area contributed by atoms with Crippen molar-refractivity contribution in [3.63, 3.8) is 0 Å². The lowest BCUT2D eigenvalue weighted by Gasteiger charge is -2.28. The highest BCUT2D eigenvalue weighted by molar-refractivity contribution is 6.08. The van der Waals surface area contributed by atoms with Crippen molar-refractivity contribution in [1.82, 2.24) is 15.1 Å². The minimum atomic E-state index is -0.882. The van der Waals surface area contributed by atoms with Gasteiger partial charge in [0.05, 0.1) is 0 Å².